The van der Waals surface area contributed by atoms with Gasteiger partial charge in [-0.2, -0.15) is 0 Å². The van der Waals surface area contributed by atoms with Crippen LogP contribution in [0.1, 0.15) is 72.1 Å². The number of ketones is 1. The molecule has 1 heterocycles. The van der Waals surface area contributed by atoms with E-state index in [0.717, 1.165) is 32.1 Å². The second-order valence-corrected chi connectivity index (χ2v) is 10.5. The van der Waals surface area contributed by atoms with Gasteiger partial charge in [0.1, 0.15) is 11.4 Å². The summed E-state index contributed by atoms with van der Waals surface area (Å²) in [5.41, 5.74) is 2.10. The molecule has 1 spiro atoms. The molecule has 6 atom stereocenters. The SMILES string of the molecule is CCOC(=O)C1C[C@@]2(CCC3C4CC=C5CC(=O)CCC5(C)C4=CCC32C)OC1=O. The fourth-order valence-corrected chi connectivity index (χ4v) is 7.51. The molecule has 5 heteroatoms. The van der Waals surface area contributed by atoms with Gasteiger partial charge < -0.3 is 9.47 Å². The Labute approximate surface area is 178 Å². The number of hydrogen-bond donors (Lipinski definition) is 0. The Morgan fingerprint density at radius 3 is 2.80 bits per heavy atom. The first kappa shape index (κ1) is 20.0. The Morgan fingerprint density at radius 1 is 1.23 bits per heavy atom. The quantitative estimate of drug-likeness (QED) is 0.384. The lowest BCUT2D eigenvalue weighted by Crippen LogP contribution is -2.50. The van der Waals surface area contributed by atoms with Gasteiger partial charge in [0, 0.05) is 30.1 Å². The lowest BCUT2D eigenvalue weighted by Gasteiger charge is -2.54. The first-order valence-electron chi connectivity index (χ1n) is 11.6. The molecule has 5 rings (SSSR count). The molecule has 0 radical (unpaired) electrons. The van der Waals surface area contributed by atoms with Crippen LogP contribution in [-0.4, -0.2) is 29.9 Å². The van der Waals surface area contributed by atoms with E-state index in [-0.39, 0.29) is 17.4 Å². The molecule has 1 aliphatic heterocycles. The highest BCUT2D eigenvalue weighted by molar-refractivity contribution is 5.96. The number of carbonyl (C=O) groups excluding carboxylic acids is 3. The van der Waals surface area contributed by atoms with Crippen LogP contribution >= 0.6 is 0 Å². The molecular weight excluding hydrogens is 380 g/mol. The summed E-state index contributed by atoms with van der Waals surface area (Å²) in [6.07, 6.45) is 11.0. The molecule has 5 unspecified atom stereocenters. The summed E-state index contributed by atoms with van der Waals surface area (Å²) in [4.78, 5) is 37.0. The first-order valence-corrected chi connectivity index (χ1v) is 11.6. The lowest BCUT2D eigenvalue weighted by atomic mass is 9.51. The molecule has 30 heavy (non-hydrogen) atoms. The maximum absolute atomic E-state index is 12.6. The molecule has 162 valence electrons. The largest absolute Gasteiger partial charge is 0.465 e. The van der Waals surface area contributed by atoms with Crippen molar-refractivity contribution in [2.75, 3.05) is 6.61 Å². The Kier molecular flexibility index (Phi) is 4.37. The molecule has 0 aromatic rings. The minimum atomic E-state index is -0.786. The number of allylic oxidation sites excluding steroid dienone is 4. The minimum absolute atomic E-state index is 0.00767. The molecule has 1 saturated heterocycles. The summed E-state index contributed by atoms with van der Waals surface area (Å²) in [6, 6.07) is 0. The molecule has 0 aromatic heterocycles. The molecular formula is C25H32O5. The minimum Gasteiger partial charge on any atom is -0.465 e. The van der Waals surface area contributed by atoms with Gasteiger partial charge in [-0.1, -0.05) is 37.1 Å². The summed E-state index contributed by atoms with van der Waals surface area (Å²) in [6.45, 7) is 6.63. The predicted octanol–water partition coefficient (Wildman–Crippen LogP) is 4.30. The van der Waals surface area contributed by atoms with Crippen LogP contribution in [0.5, 0.6) is 0 Å². The van der Waals surface area contributed by atoms with E-state index in [4.69, 9.17) is 9.47 Å². The molecule has 0 bridgehead atoms. The first-order chi connectivity index (χ1) is 14.2. The topological polar surface area (TPSA) is 69.7 Å². The van der Waals surface area contributed by atoms with E-state index in [0.29, 0.717) is 36.9 Å². The number of ether oxygens (including phenoxy) is 2. The third-order valence-corrected chi connectivity index (χ3v) is 9.29. The van der Waals surface area contributed by atoms with Crippen molar-refractivity contribution in [1.82, 2.24) is 0 Å². The van der Waals surface area contributed by atoms with Gasteiger partial charge in [-0.25, -0.2) is 0 Å². The zero-order chi connectivity index (χ0) is 21.3. The molecule has 0 N–H and O–H groups in total. The number of carbonyl (C=O) groups is 3. The van der Waals surface area contributed by atoms with Crippen molar-refractivity contribution in [1.29, 1.82) is 0 Å². The number of rotatable bonds is 2. The van der Waals surface area contributed by atoms with Crippen molar-refractivity contribution in [3.05, 3.63) is 23.3 Å². The third-order valence-electron chi connectivity index (χ3n) is 9.29. The van der Waals surface area contributed by atoms with E-state index < -0.39 is 23.5 Å². The van der Waals surface area contributed by atoms with Crippen molar-refractivity contribution in [2.24, 2.45) is 28.6 Å². The van der Waals surface area contributed by atoms with E-state index in [2.05, 4.69) is 26.0 Å². The lowest BCUT2D eigenvalue weighted by molar-refractivity contribution is -0.164. The zero-order valence-electron chi connectivity index (χ0n) is 18.3. The summed E-state index contributed by atoms with van der Waals surface area (Å²) < 4.78 is 11.2. The molecule has 5 aliphatic rings. The molecule has 5 nitrogen and oxygen atoms in total. The molecule has 0 aromatic carbocycles. The van der Waals surface area contributed by atoms with Gasteiger partial charge in [0.2, 0.25) is 0 Å². The van der Waals surface area contributed by atoms with Crippen LogP contribution in [0.4, 0.5) is 0 Å². The highest BCUT2D eigenvalue weighted by atomic mass is 16.6. The van der Waals surface area contributed by atoms with Gasteiger partial charge in [-0.3, -0.25) is 14.4 Å². The van der Waals surface area contributed by atoms with Crippen LogP contribution in [0.15, 0.2) is 23.3 Å². The Balaban J connectivity index is 1.47. The number of esters is 2. The van der Waals surface area contributed by atoms with E-state index >= 15 is 0 Å². The smallest absolute Gasteiger partial charge is 0.321 e. The summed E-state index contributed by atoms with van der Waals surface area (Å²) >= 11 is 0. The van der Waals surface area contributed by atoms with E-state index in [1.165, 1.54) is 11.1 Å². The second-order valence-electron chi connectivity index (χ2n) is 10.5. The molecule has 3 fully saturated rings. The van der Waals surface area contributed by atoms with Crippen molar-refractivity contribution >= 4 is 17.7 Å². The number of fused-ring (bicyclic) bond motifs is 6. The van der Waals surface area contributed by atoms with Crippen LogP contribution in [0.25, 0.3) is 0 Å². The van der Waals surface area contributed by atoms with Crippen molar-refractivity contribution < 1.29 is 23.9 Å². The second kappa shape index (κ2) is 6.54. The van der Waals surface area contributed by atoms with E-state index in [1.807, 2.05) is 0 Å². The monoisotopic (exact) mass is 412 g/mol. The third kappa shape index (κ3) is 2.50. The molecule has 2 saturated carbocycles. The molecule has 0 amide bonds. The van der Waals surface area contributed by atoms with Gasteiger partial charge in [-0.05, 0) is 50.9 Å². The fraction of sp³-hybridized carbons (Fsp3) is 0.720. The summed E-state index contributed by atoms with van der Waals surface area (Å²) in [5, 5.41) is 0. The average molecular weight is 413 g/mol. The Hall–Kier alpha value is -1.91. The van der Waals surface area contributed by atoms with Gasteiger partial charge >= 0.3 is 11.9 Å². The summed E-state index contributed by atoms with van der Waals surface area (Å²) in [5.74, 6) is -0.410. The maximum atomic E-state index is 12.6. The standard InChI is InChI=1S/C25H32O5/c1-4-29-21(27)18-14-25(30-22(18)28)12-9-20-17-6-5-15-13-16(26)7-10-23(15,2)19(17)8-11-24(20,25)3/h5,8,17-18,20H,4,6-7,9-14H2,1-3H3/t17?,18?,20?,23?,24?,25-/m1/s1. The van der Waals surface area contributed by atoms with Crippen LogP contribution < -0.4 is 0 Å². The summed E-state index contributed by atoms with van der Waals surface area (Å²) in [7, 11) is 0. The zero-order valence-corrected chi connectivity index (χ0v) is 18.3. The fourth-order valence-electron chi connectivity index (χ4n) is 7.51. The highest BCUT2D eigenvalue weighted by Gasteiger charge is 2.67. The Morgan fingerprint density at radius 2 is 2.03 bits per heavy atom. The van der Waals surface area contributed by atoms with Crippen molar-refractivity contribution in [3.8, 4) is 0 Å². The average Bonchev–Trinajstić information content (AvgIpc) is 3.20. The van der Waals surface area contributed by atoms with E-state index in [9.17, 15) is 14.4 Å². The van der Waals surface area contributed by atoms with E-state index in [1.54, 1.807) is 6.92 Å². The molecule has 4 aliphatic carbocycles. The van der Waals surface area contributed by atoms with Crippen LogP contribution in [0.2, 0.25) is 0 Å². The predicted molar refractivity (Wildman–Crippen MR) is 110 cm³/mol. The number of hydrogen-bond acceptors (Lipinski definition) is 5. The van der Waals surface area contributed by atoms with Crippen LogP contribution in [0, 0.1) is 28.6 Å². The van der Waals surface area contributed by atoms with Gasteiger partial charge in [0.25, 0.3) is 0 Å². The highest BCUT2D eigenvalue weighted by Crippen LogP contribution is 2.68. The van der Waals surface area contributed by atoms with Crippen LogP contribution in [0.3, 0.4) is 0 Å². The van der Waals surface area contributed by atoms with Gasteiger partial charge in [0.05, 0.1) is 6.61 Å². The Bertz CT molecular complexity index is 884. The maximum Gasteiger partial charge on any atom is 0.321 e. The van der Waals surface area contributed by atoms with Gasteiger partial charge in [0.15, 0.2) is 5.92 Å². The number of Topliss-reactive ketones (excluding diaryl/α,β-unsaturated/α-hetero) is 1. The normalized spacial score (nSPS) is 44.6. The van der Waals surface area contributed by atoms with Crippen molar-refractivity contribution in [3.63, 3.8) is 0 Å². The van der Waals surface area contributed by atoms with Crippen LogP contribution in [-0.2, 0) is 23.9 Å². The van der Waals surface area contributed by atoms with Crippen molar-refractivity contribution in [2.45, 2.75) is 77.7 Å². The van der Waals surface area contributed by atoms with Gasteiger partial charge in [-0.15, -0.1) is 0 Å².